The summed E-state index contributed by atoms with van der Waals surface area (Å²) in [7, 11) is 0. The first-order valence-electron chi connectivity index (χ1n) is 10.4. The Morgan fingerprint density at radius 1 is 1.21 bits per heavy atom. The minimum absolute atomic E-state index is 0.0351. The third-order valence-electron chi connectivity index (χ3n) is 4.58. The van der Waals surface area contributed by atoms with Crippen LogP contribution in [0.1, 0.15) is 32.0 Å². The van der Waals surface area contributed by atoms with Crippen molar-refractivity contribution in [2.24, 2.45) is 0 Å². The molecule has 3 aromatic rings. The molecule has 0 atom stereocenters. The lowest BCUT2D eigenvalue weighted by Gasteiger charge is -2.19. The van der Waals surface area contributed by atoms with Gasteiger partial charge in [0.1, 0.15) is 18.0 Å². The van der Waals surface area contributed by atoms with E-state index in [9.17, 15) is 9.18 Å². The molecular formula is C22H26Cl2FN5O3. The summed E-state index contributed by atoms with van der Waals surface area (Å²) in [6, 6.07) is 4.98. The maximum absolute atomic E-state index is 14.0. The van der Waals surface area contributed by atoms with Crippen molar-refractivity contribution in [2.45, 2.75) is 39.7 Å². The van der Waals surface area contributed by atoms with Crippen LogP contribution in [-0.4, -0.2) is 46.3 Å². The van der Waals surface area contributed by atoms with Crippen LogP contribution in [0.15, 0.2) is 18.2 Å². The number of carbonyl (C=O) groups excluding carboxylic acids is 1. The van der Waals surface area contributed by atoms with E-state index >= 15 is 0 Å². The summed E-state index contributed by atoms with van der Waals surface area (Å²) in [5.74, 6) is 0.245. The van der Waals surface area contributed by atoms with E-state index in [1.54, 1.807) is 26.8 Å². The molecule has 0 aliphatic heterocycles. The van der Waals surface area contributed by atoms with Crippen LogP contribution in [0.2, 0.25) is 10.4 Å². The number of aryl methyl sites for hydroxylation is 1. The second kappa shape index (κ2) is 10.4. The average molecular weight is 498 g/mol. The summed E-state index contributed by atoms with van der Waals surface area (Å²) in [5, 5.41) is 6.59. The standard InChI is InChI=1S/C22H26Cl2FN5O3/c1-12-13(14-6-5-7-15(25)16(14)28-12)8-9-26-19-17(18(23)29-20(24)30-19)32-11-10-27-21(31)33-22(2,3)4/h5-7,28H,8-11H2,1-4H3,(H,27,31)(H,26,29,30). The number of benzene rings is 1. The van der Waals surface area contributed by atoms with Crippen molar-refractivity contribution in [3.63, 3.8) is 0 Å². The number of H-pyrrole nitrogens is 1. The molecule has 2 aromatic heterocycles. The number of rotatable bonds is 8. The zero-order chi connectivity index (χ0) is 24.2. The smallest absolute Gasteiger partial charge is 0.407 e. The van der Waals surface area contributed by atoms with Gasteiger partial charge in [0.05, 0.1) is 12.1 Å². The van der Waals surface area contributed by atoms with Crippen LogP contribution in [0.4, 0.5) is 15.0 Å². The van der Waals surface area contributed by atoms with E-state index in [0.29, 0.717) is 24.3 Å². The molecule has 11 heteroatoms. The van der Waals surface area contributed by atoms with Crippen molar-refractivity contribution >= 4 is 46.0 Å². The number of halogens is 3. The molecular weight excluding hydrogens is 472 g/mol. The van der Waals surface area contributed by atoms with Gasteiger partial charge < -0.3 is 25.1 Å². The van der Waals surface area contributed by atoms with Crippen LogP contribution >= 0.6 is 23.2 Å². The predicted molar refractivity (Wildman–Crippen MR) is 127 cm³/mol. The van der Waals surface area contributed by atoms with Crippen LogP contribution < -0.4 is 15.4 Å². The van der Waals surface area contributed by atoms with E-state index in [-0.39, 0.29) is 35.2 Å². The quantitative estimate of drug-likeness (QED) is 0.222. The first kappa shape index (κ1) is 24.9. The van der Waals surface area contributed by atoms with Gasteiger partial charge in [-0.25, -0.2) is 14.2 Å². The highest BCUT2D eigenvalue weighted by atomic mass is 35.5. The highest BCUT2D eigenvalue weighted by molar-refractivity contribution is 6.33. The molecule has 0 radical (unpaired) electrons. The maximum Gasteiger partial charge on any atom is 0.407 e. The predicted octanol–water partition coefficient (Wildman–Crippen LogP) is 5.27. The summed E-state index contributed by atoms with van der Waals surface area (Å²) < 4.78 is 24.9. The molecule has 0 spiro atoms. The second-order valence-corrected chi connectivity index (χ2v) is 9.00. The molecule has 0 fully saturated rings. The fraction of sp³-hybridized carbons (Fsp3) is 0.409. The largest absolute Gasteiger partial charge is 0.485 e. The molecule has 0 saturated heterocycles. The molecule has 8 nitrogen and oxygen atoms in total. The summed E-state index contributed by atoms with van der Waals surface area (Å²) in [4.78, 5) is 22.9. The van der Waals surface area contributed by atoms with E-state index in [0.717, 1.165) is 16.6 Å². The number of para-hydroxylation sites is 1. The summed E-state index contributed by atoms with van der Waals surface area (Å²) in [6.07, 6.45) is 0.0437. The number of aromatic nitrogens is 3. The van der Waals surface area contributed by atoms with Crippen molar-refractivity contribution < 1.29 is 18.7 Å². The van der Waals surface area contributed by atoms with Crippen LogP contribution in [0, 0.1) is 12.7 Å². The van der Waals surface area contributed by atoms with Crippen LogP contribution in [-0.2, 0) is 11.2 Å². The van der Waals surface area contributed by atoms with Gasteiger partial charge in [0.15, 0.2) is 16.7 Å². The number of anilines is 1. The summed E-state index contributed by atoms with van der Waals surface area (Å²) in [5.41, 5.74) is 1.77. The number of nitrogens with one attached hydrogen (secondary N) is 3. The van der Waals surface area contributed by atoms with Crippen LogP contribution in [0.25, 0.3) is 10.9 Å². The molecule has 178 valence electrons. The van der Waals surface area contributed by atoms with Crippen molar-refractivity contribution in [2.75, 3.05) is 25.0 Å². The van der Waals surface area contributed by atoms with Crippen LogP contribution in [0.3, 0.4) is 0 Å². The Hall–Kier alpha value is -2.78. The zero-order valence-electron chi connectivity index (χ0n) is 18.8. The highest BCUT2D eigenvalue weighted by Gasteiger charge is 2.17. The number of hydrogen-bond acceptors (Lipinski definition) is 6. The van der Waals surface area contributed by atoms with Crippen molar-refractivity contribution in [3.05, 3.63) is 45.7 Å². The minimum Gasteiger partial charge on any atom is -0.485 e. The number of ether oxygens (including phenoxy) is 2. The monoisotopic (exact) mass is 497 g/mol. The minimum atomic E-state index is -0.593. The summed E-state index contributed by atoms with van der Waals surface area (Å²) >= 11 is 12.2. The van der Waals surface area contributed by atoms with Gasteiger partial charge in [-0.05, 0) is 57.3 Å². The zero-order valence-corrected chi connectivity index (χ0v) is 20.3. The van der Waals surface area contributed by atoms with Gasteiger partial charge in [-0.2, -0.15) is 4.98 Å². The Balaban J connectivity index is 1.62. The molecule has 1 amide bonds. The number of nitrogens with zero attached hydrogens (tertiary/aromatic N) is 2. The van der Waals surface area contributed by atoms with Crippen molar-refractivity contribution in [1.29, 1.82) is 0 Å². The third-order valence-corrected chi connectivity index (χ3v) is 5.01. The third kappa shape index (κ3) is 6.61. The molecule has 3 rings (SSSR count). The number of fused-ring (bicyclic) bond motifs is 1. The first-order chi connectivity index (χ1) is 15.5. The molecule has 0 bridgehead atoms. The molecule has 3 N–H and O–H groups in total. The SMILES string of the molecule is Cc1[nH]c2c(F)cccc2c1CCNc1nc(Cl)nc(Cl)c1OCCNC(=O)OC(C)(C)C. The molecule has 1 aromatic carbocycles. The Morgan fingerprint density at radius 2 is 1.97 bits per heavy atom. The maximum atomic E-state index is 14.0. The molecule has 2 heterocycles. The number of hydrogen-bond donors (Lipinski definition) is 3. The van der Waals surface area contributed by atoms with Gasteiger partial charge in [-0.3, -0.25) is 0 Å². The number of carbonyl (C=O) groups is 1. The van der Waals surface area contributed by atoms with Gasteiger partial charge in [-0.1, -0.05) is 23.7 Å². The number of aromatic amines is 1. The number of alkyl carbamates (subject to hydrolysis) is 1. The lowest BCUT2D eigenvalue weighted by Crippen LogP contribution is -2.34. The van der Waals surface area contributed by atoms with Gasteiger partial charge in [0.25, 0.3) is 0 Å². The van der Waals surface area contributed by atoms with Gasteiger partial charge in [-0.15, -0.1) is 0 Å². The van der Waals surface area contributed by atoms with Gasteiger partial charge >= 0.3 is 6.09 Å². The van der Waals surface area contributed by atoms with Gasteiger partial charge in [0.2, 0.25) is 5.28 Å². The van der Waals surface area contributed by atoms with Gasteiger partial charge in [0, 0.05) is 17.6 Å². The lowest BCUT2D eigenvalue weighted by molar-refractivity contribution is 0.0520. The van der Waals surface area contributed by atoms with Crippen molar-refractivity contribution in [1.82, 2.24) is 20.3 Å². The fourth-order valence-corrected chi connectivity index (χ4v) is 3.70. The average Bonchev–Trinajstić information content (AvgIpc) is 3.02. The van der Waals surface area contributed by atoms with E-state index < -0.39 is 11.7 Å². The van der Waals surface area contributed by atoms with E-state index in [4.69, 9.17) is 32.7 Å². The normalized spacial score (nSPS) is 11.5. The highest BCUT2D eigenvalue weighted by Crippen LogP contribution is 2.31. The van der Waals surface area contributed by atoms with E-state index in [2.05, 4.69) is 25.6 Å². The molecule has 0 saturated carbocycles. The molecule has 33 heavy (non-hydrogen) atoms. The Kier molecular flexibility index (Phi) is 7.86. The van der Waals surface area contributed by atoms with Crippen LogP contribution in [0.5, 0.6) is 5.75 Å². The van der Waals surface area contributed by atoms with Crippen molar-refractivity contribution in [3.8, 4) is 5.75 Å². The Morgan fingerprint density at radius 3 is 2.70 bits per heavy atom. The Bertz CT molecular complexity index is 1150. The topological polar surface area (TPSA) is 101 Å². The summed E-state index contributed by atoms with van der Waals surface area (Å²) in [6.45, 7) is 7.99. The molecule has 0 aliphatic carbocycles. The second-order valence-electron chi connectivity index (χ2n) is 8.31. The van der Waals surface area contributed by atoms with E-state index in [1.165, 1.54) is 6.07 Å². The fourth-order valence-electron chi connectivity index (χ4n) is 3.26. The molecule has 0 unspecified atom stereocenters. The molecule has 0 aliphatic rings. The Labute approximate surface area is 201 Å². The lowest BCUT2D eigenvalue weighted by atomic mass is 10.1. The number of amides is 1. The first-order valence-corrected chi connectivity index (χ1v) is 11.1. The van der Waals surface area contributed by atoms with E-state index in [1.807, 2.05) is 13.0 Å².